The lowest BCUT2D eigenvalue weighted by Crippen LogP contribution is -2.47. The lowest BCUT2D eigenvalue weighted by atomic mass is 10.1. The molecule has 0 amide bonds. The first-order valence-corrected chi connectivity index (χ1v) is 6.46. The van der Waals surface area contributed by atoms with Crippen molar-refractivity contribution in [3.8, 4) is 0 Å². The van der Waals surface area contributed by atoms with Crippen LogP contribution in [0, 0.1) is 0 Å². The summed E-state index contributed by atoms with van der Waals surface area (Å²) in [4.78, 5) is 2.38. The fourth-order valence-corrected chi connectivity index (χ4v) is 2.59. The van der Waals surface area contributed by atoms with E-state index in [1.54, 1.807) is 0 Å². The number of fused-ring (bicyclic) bond motifs is 1. The third kappa shape index (κ3) is 2.84. The lowest BCUT2D eigenvalue weighted by molar-refractivity contribution is 0.180. The van der Waals surface area contributed by atoms with Crippen molar-refractivity contribution in [3.05, 3.63) is 11.6 Å². The smallest absolute Gasteiger partial charge is 0.147 e. The van der Waals surface area contributed by atoms with Gasteiger partial charge >= 0.3 is 0 Å². The standard InChI is InChI=1S/C12H21N5.ClH/c1-12(2,13)8-16-5-6-17-10(7-16)14-15-11(17)9-3-4-9;/h9H,3-8,13H2,1-2H3;1H. The molecule has 2 N–H and O–H groups in total. The topological polar surface area (TPSA) is 60.0 Å². The summed E-state index contributed by atoms with van der Waals surface area (Å²) in [5.41, 5.74) is 5.93. The van der Waals surface area contributed by atoms with Crippen molar-refractivity contribution in [1.82, 2.24) is 19.7 Å². The van der Waals surface area contributed by atoms with Gasteiger partial charge in [-0.2, -0.15) is 0 Å². The maximum absolute atomic E-state index is 6.07. The number of hydrogen-bond donors (Lipinski definition) is 1. The van der Waals surface area contributed by atoms with Gasteiger partial charge in [-0.05, 0) is 26.7 Å². The van der Waals surface area contributed by atoms with Gasteiger partial charge in [0.25, 0.3) is 0 Å². The Kier molecular flexibility index (Phi) is 3.67. The molecule has 1 aromatic rings. The van der Waals surface area contributed by atoms with Crippen molar-refractivity contribution in [2.24, 2.45) is 5.73 Å². The minimum atomic E-state index is -0.137. The molecule has 0 aromatic carbocycles. The van der Waals surface area contributed by atoms with E-state index in [2.05, 4.69) is 33.5 Å². The molecule has 5 nitrogen and oxygen atoms in total. The van der Waals surface area contributed by atoms with Crippen LogP contribution in [0.5, 0.6) is 0 Å². The van der Waals surface area contributed by atoms with Crippen LogP contribution in [0.2, 0.25) is 0 Å². The highest BCUT2D eigenvalue weighted by molar-refractivity contribution is 5.85. The van der Waals surface area contributed by atoms with Gasteiger partial charge in [0, 0.05) is 31.1 Å². The third-order valence-corrected chi connectivity index (χ3v) is 3.43. The van der Waals surface area contributed by atoms with Gasteiger partial charge in [-0.15, -0.1) is 22.6 Å². The molecule has 0 atom stereocenters. The zero-order valence-corrected chi connectivity index (χ0v) is 11.9. The molecule has 0 bridgehead atoms. The SMILES string of the molecule is CC(C)(N)CN1CCn2c(nnc2C2CC2)C1.Cl. The number of rotatable bonds is 3. The Labute approximate surface area is 114 Å². The Morgan fingerprint density at radius 1 is 1.28 bits per heavy atom. The van der Waals surface area contributed by atoms with E-state index < -0.39 is 0 Å². The van der Waals surface area contributed by atoms with Crippen LogP contribution in [0.3, 0.4) is 0 Å². The summed E-state index contributed by atoms with van der Waals surface area (Å²) in [6, 6.07) is 0. The van der Waals surface area contributed by atoms with Gasteiger partial charge in [-0.3, -0.25) is 4.90 Å². The highest BCUT2D eigenvalue weighted by Gasteiger charge is 2.32. The van der Waals surface area contributed by atoms with Crippen molar-refractivity contribution in [1.29, 1.82) is 0 Å². The Hall–Kier alpha value is -0.650. The zero-order chi connectivity index (χ0) is 12.0. The van der Waals surface area contributed by atoms with Crippen LogP contribution in [0.15, 0.2) is 0 Å². The molecule has 102 valence electrons. The third-order valence-electron chi connectivity index (χ3n) is 3.43. The molecule has 6 heteroatoms. The summed E-state index contributed by atoms with van der Waals surface area (Å²) >= 11 is 0. The highest BCUT2D eigenvalue weighted by Crippen LogP contribution is 2.39. The lowest BCUT2D eigenvalue weighted by Gasteiger charge is -2.32. The maximum atomic E-state index is 6.07. The molecule has 0 unspecified atom stereocenters. The van der Waals surface area contributed by atoms with Gasteiger partial charge in [-0.25, -0.2) is 0 Å². The minimum Gasteiger partial charge on any atom is -0.324 e. The first-order valence-electron chi connectivity index (χ1n) is 6.46. The second-order valence-electron chi connectivity index (χ2n) is 6.10. The molecule has 0 spiro atoms. The summed E-state index contributed by atoms with van der Waals surface area (Å²) in [5, 5.41) is 8.67. The van der Waals surface area contributed by atoms with E-state index in [1.165, 1.54) is 18.7 Å². The van der Waals surface area contributed by atoms with Gasteiger partial charge < -0.3 is 10.3 Å². The fraction of sp³-hybridized carbons (Fsp3) is 0.833. The number of hydrogen-bond acceptors (Lipinski definition) is 4. The molecule has 0 radical (unpaired) electrons. The van der Waals surface area contributed by atoms with Crippen molar-refractivity contribution in [2.45, 2.75) is 51.2 Å². The summed E-state index contributed by atoms with van der Waals surface area (Å²) in [6.07, 6.45) is 2.58. The van der Waals surface area contributed by atoms with Crippen LogP contribution in [-0.4, -0.2) is 38.3 Å². The molecule has 3 rings (SSSR count). The average molecular weight is 272 g/mol. The highest BCUT2D eigenvalue weighted by atomic mass is 35.5. The summed E-state index contributed by atoms with van der Waals surface area (Å²) in [7, 11) is 0. The Bertz CT molecular complexity index is 419. The quantitative estimate of drug-likeness (QED) is 0.895. The fourth-order valence-electron chi connectivity index (χ4n) is 2.59. The number of halogens is 1. The largest absolute Gasteiger partial charge is 0.324 e. The summed E-state index contributed by atoms with van der Waals surface area (Å²) in [6.45, 7) is 8.03. The van der Waals surface area contributed by atoms with Crippen molar-refractivity contribution >= 4 is 12.4 Å². The van der Waals surface area contributed by atoms with E-state index in [-0.39, 0.29) is 17.9 Å². The summed E-state index contributed by atoms with van der Waals surface area (Å²) < 4.78 is 2.32. The van der Waals surface area contributed by atoms with Crippen LogP contribution in [-0.2, 0) is 13.1 Å². The number of nitrogens with zero attached hydrogens (tertiary/aromatic N) is 4. The van der Waals surface area contributed by atoms with E-state index in [1.807, 2.05) is 0 Å². The van der Waals surface area contributed by atoms with E-state index in [4.69, 9.17) is 5.73 Å². The van der Waals surface area contributed by atoms with Gasteiger partial charge in [-0.1, -0.05) is 0 Å². The average Bonchev–Trinajstić information content (AvgIpc) is 2.97. The predicted octanol–water partition coefficient (Wildman–Crippen LogP) is 1.13. The molecule has 0 saturated heterocycles. The molecular weight excluding hydrogens is 250 g/mol. The van der Waals surface area contributed by atoms with E-state index in [9.17, 15) is 0 Å². The van der Waals surface area contributed by atoms with E-state index in [0.717, 1.165) is 32.0 Å². The van der Waals surface area contributed by atoms with E-state index in [0.29, 0.717) is 5.92 Å². The molecule has 1 fully saturated rings. The van der Waals surface area contributed by atoms with Gasteiger partial charge in [0.2, 0.25) is 0 Å². The van der Waals surface area contributed by atoms with Crippen molar-refractivity contribution in [3.63, 3.8) is 0 Å². The normalized spacial score (nSPS) is 20.4. The first kappa shape index (κ1) is 13.8. The summed E-state index contributed by atoms with van der Waals surface area (Å²) in [5.74, 6) is 3.02. The second kappa shape index (κ2) is 4.79. The monoisotopic (exact) mass is 271 g/mol. The van der Waals surface area contributed by atoms with Crippen molar-refractivity contribution < 1.29 is 0 Å². The van der Waals surface area contributed by atoms with Crippen LogP contribution in [0.4, 0.5) is 0 Å². The van der Waals surface area contributed by atoms with Crippen LogP contribution in [0.1, 0.15) is 44.3 Å². The van der Waals surface area contributed by atoms with E-state index >= 15 is 0 Å². The van der Waals surface area contributed by atoms with Gasteiger partial charge in [0.05, 0.1) is 6.54 Å². The molecular formula is C12H22ClN5. The molecule has 2 aliphatic rings. The molecule has 2 heterocycles. The molecule has 1 aromatic heterocycles. The minimum absolute atomic E-state index is 0. The van der Waals surface area contributed by atoms with Crippen molar-refractivity contribution in [2.75, 3.05) is 13.1 Å². The number of aromatic nitrogens is 3. The molecule has 1 saturated carbocycles. The van der Waals surface area contributed by atoms with Crippen LogP contribution < -0.4 is 5.73 Å². The molecule has 1 aliphatic heterocycles. The van der Waals surface area contributed by atoms with Gasteiger partial charge in [0.15, 0.2) is 0 Å². The Morgan fingerprint density at radius 3 is 2.61 bits per heavy atom. The zero-order valence-electron chi connectivity index (χ0n) is 11.1. The second-order valence-corrected chi connectivity index (χ2v) is 6.10. The van der Waals surface area contributed by atoms with Gasteiger partial charge in [0.1, 0.15) is 11.6 Å². The maximum Gasteiger partial charge on any atom is 0.147 e. The predicted molar refractivity (Wildman–Crippen MR) is 72.8 cm³/mol. The Balaban J connectivity index is 0.00000120. The first-order chi connectivity index (χ1) is 8.03. The molecule has 18 heavy (non-hydrogen) atoms. The van der Waals surface area contributed by atoms with Crippen LogP contribution in [0.25, 0.3) is 0 Å². The number of nitrogens with two attached hydrogens (primary N) is 1. The molecule has 1 aliphatic carbocycles. The van der Waals surface area contributed by atoms with Crippen LogP contribution >= 0.6 is 12.4 Å². The Morgan fingerprint density at radius 2 is 2.00 bits per heavy atom.